The molecule has 0 aliphatic carbocycles. The van der Waals surface area contributed by atoms with Gasteiger partial charge in [0, 0.05) is 25.7 Å². The maximum atomic E-state index is 12.1. The Morgan fingerprint density at radius 1 is 0.263 bits per heavy atom. The van der Waals surface area contributed by atoms with Gasteiger partial charge < -0.3 is 42.3 Å². The molecule has 0 spiro atoms. The second-order valence-corrected chi connectivity index (χ2v) is 31.3. The molecule has 0 aliphatic heterocycles. The standard InChI is InChI=1S/2C42H80NO4.CH5O3P/c2*1-5-7-9-11-13-15-17-19-21-23-25-27-29-31-33-35-41(44)46-39-37-43(3,4)38-40-47-42(45)36-34-32-30-28-26-24-22-20-18-16-14-12-10-8-6-2;1-5(2,3)4/h2*19-22H,5-18,23-40H2,1-4H3;1H3,(H2,2,3,4)/q2*+1;/p-2/b2*21-19-,22-20-;. The molecule has 0 saturated carbocycles. The van der Waals surface area contributed by atoms with Gasteiger partial charge in [-0.15, -0.1) is 0 Å². The Hall–Kier alpha value is -3.09. The number of unbranched alkanes of at least 4 members (excludes halogenated alkanes) is 44. The summed E-state index contributed by atoms with van der Waals surface area (Å²) in [6, 6.07) is 0. The first-order valence-corrected chi connectivity index (χ1v) is 43.7. The number of hydrogen-bond donors (Lipinski definition) is 0. The monoisotopic (exact) mass is 1420 g/mol. The van der Waals surface area contributed by atoms with Gasteiger partial charge >= 0.3 is 23.9 Å². The minimum Gasteiger partial charge on any atom is -0.811 e. The maximum absolute atomic E-state index is 12.1. The number of nitrogens with zero attached hydrogens (tertiary/aromatic N) is 2. The summed E-state index contributed by atoms with van der Waals surface area (Å²) in [6.45, 7) is 14.3. The van der Waals surface area contributed by atoms with Crippen LogP contribution in [0.4, 0.5) is 0 Å². The third-order valence-corrected chi connectivity index (χ3v) is 18.4. The summed E-state index contributed by atoms with van der Waals surface area (Å²) >= 11 is 0. The average molecular weight is 1420 g/mol. The summed E-state index contributed by atoms with van der Waals surface area (Å²) in [6.07, 6.45) is 86.2. The SMILES string of the molecule is CCCCCCCC/C=C\CCCCCCCC(=O)OCC[N+](C)(C)CCOC(=O)CCCCCCC/C=C\CCCCCCCC.CCCCCCCC/C=C\CCCCCCCC(=O)OCC[N+](C)(C)CCOC(=O)CCCCCCC/C=C\CCCCCCCC.CP(=O)([O-])[O-]. The third kappa shape index (κ3) is 94.9. The molecule has 0 amide bonds. The Kier molecular flexibility index (Phi) is 79.9. The second-order valence-electron chi connectivity index (χ2n) is 29.8. The van der Waals surface area contributed by atoms with Crippen LogP contribution < -0.4 is 9.79 Å². The number of allylic oxidation sites excluding steroid dienone is 8. The van der Waals surface area contributed by atoms with Crippen molar-refractivity contribution in [3.05, 3.63) is 48.6 Å². The van der Waals surface area contributed by atoms with E-state index in [1.807, 2.05) is 0 Å². The molecule has 0 bridgehead atoms. The molecule has 0 fully saturated rings. The highest BCUT2D eigenvalue weighted by Crippen LogP contribution is 2.17. The molecule has 14 heteroatoms. The van der Waals surface area contributed by atoms with Gasteiger partial charge in [-0.05, 0) is 135 Å². The highest BCUT2D eigenvalue weighted by atomic mass is 31.2. The van der Waals surface area contributed by atoms with Crippen LogP contribution in [0, 0.1) is 0 Å². The van der Waals surface area contributed by atoms with Gasteiger partial charge in [-0.3, -0.25) is 19.2 Å². The van der Waals surface area contributed by atoms with Crippen LogP contribution in [-0.2, 0) is 42.7 Å². The lowest BCUT2D eigenvalue weighted by atomic mass is 10.1. The lowest BCUT2D eigenvalue weighted by Crippen LogP contribution is -2.45. The van der Waals surface area contributed by atoms with E-state index < -0.39 is 7.60 Å². The van der Waals surface area contributed by atoms with Crippen molar-refractivity contribution >= 4 is 31.5 Å². The average Bonchev–Trinajstić information content (AvgIpc) is 1.18. The molecular formula is C85H163N2O11P. The third-order valence-electron chi connectivity index (χ3n) is 18.4. The largest absolute Gasteiger partial charge is 0.811 e. The molecule has 0 N–H and O–H groups in total. The second kappa shape index (κ2) is 79.0. The van der Waals surface area contributed by atoms with Crippen LogP contribution in [-0.4, -0.2) is 120 Å². The summed E-state index contributed by atoms with van der Waals surface area (Å²) < 4.78 is 32.4. The molecule has 0 heterocycles. The van der Waals surface area contributed by atoms with E-state index >= 15 is 0 Å². The van der Waals surface area contributed by atoms with Crippen LogP contribution in [0.15, 0.2) is 48.6 Å². The van der Waals surface area contributed by atoms with Crippen molar-refractivity contribution in [3.8, 4) is 0 Å². The number of likely N-dealkylation sites (N-methyl/N-ethyl adjacent to an activating group) is 2. The van der Waals surface area contributed by atoms with Crippen molar-refractivity contribution in [3.63, 3.8) is 0 Å². The summed E-state index contributed by atoms with van der Waals surface area (Å²) in [4.78, 5) is 66.8. The summed E-state index contributed by atoms with van der Waals surface area (Å²) in [7, 11) is 4.23. The van der Waals surface area contributed by atoms with E-state index in [1.165, 1.54) is 283 Å². The molecule has 0 radical (unpaired) electrons. The fraction of sp³-hybridized carbons (Fsp3) is 0.859. The predicted molar refractivity (Wildman–Crippen MR) is 419 cm³/mol. The van der Waals surface area contributed by atoms with Crippen LogP contribution in [0.3, 0.4) is 0 Å². The highest BCUT2D eigenvalue weighted by molar-refractivity contribution is 7.47. The summed E-state index contributed by atoms with van der Waals surface area (Å²) in [5.41, 5.74) is 0. The van der Waals surface area contributed by atoms with Gasteiger partial charge in [-0.2, -0.15) is 0 Å². The smallest absolute Gasteiger partial charge is 0.305 e. The van der Waals surface area contributed by atoms with E-state index in [4.69, 9.17) is 33.3 Å². The normalized spacial score (nSPS) is 12.0. The van der Waals surface area contributed by atoms with E-state index in [9.17, 15) is 19.2 Å². The minimum atomic E-state index is -4.14. The van der Waals surface area contributed by atoms with E-state index in [0.29, 0.717) is 67.7 Å². The van der Waals surface area contributed by atoms with Gasteiger partial charge in [0.1, 0.15) is 52.6 Å². The summed E-state index contributed by atoms with van der Waals surface area (Å²) in [5, 5.41) is 0. The molecule has 0 rings (SSSR count). The molecule has 0 unspecified atom stereocenters. The Morgan fingerprint density at radius 2 is 0.394 bits per heavy atom. The number of esters is 4. The quantitative estimate of drug-likeness (QED) is 0.0142. The first-order chi connectivity index (χ1) is 47.8. The van der Waals surface area contributed by atoms with Crippen molar-refractivity contribution in [1.82, 2.24) is 0 Å². The van der Waals surface area contributed by atoms with Gasteiger partial charge in [-0.1, -0.05) is 289 Å². The number of quaternary nitrogens is 2. The van der Waals surface area contributed by atoms with Crippen LogP contribution in [0.2, 0.25) is 0 Å². The fourth-order valence-electron chi connectivity index (χ4n) is 11.5. The molecule has 0 aromatic heterocycles. The zero-order valence-corrected chi connectivity index (χ0v) is 67.6. The molecule has 0 aromatic rings. The van der Waals surface area contributed by atoms with Crippen LogP contribution >= 0.6 is 7.60 Å². The lowest BCUT2D eigenvalue weighted by Gasteiger charge is -2.29. The first kappa shape index (κ1) is 100. The molecule has 0 atom stereocenters. The van der Waals surface area contributed by atoms with E-state index in [2.05, 4.69) is 104 Å². The zero-order valence-electron chi connectivity index (χ0n) is 66.7. The van der Waals surface area contributed by atoms with Crippen LogP contribution in [0.5, 0.6) is 0 Å². The number of carbonyl (C=O) groups is 4. The van der Waals surface area contributed by atoms with E-state index in [1.54, 1.807) is 0 Å². The Labute approximate surface area is 613 Å². The van der Waals surface area contributed by atoms with Crippen molar-refractivity contribution in [2.24, 2.45) is 0 Å². The molecule has 99 heavy (non-hydrogen) atoms. The predicted octanol–water partition coefficient (Wildman–Crippen LogP) is 23.0. The highest BCUT2D eigenvalue weighted by Gasteiger charge is 2.19. The van der Waals surface area contributed by atoms with Gasteiger partial charge in [0.25, 0.3) is 0 Å². The molecule has 0 aromatic carbocycles. The molecular weight excluding hydrogens is 1260 g/mol. The van der Waals surface area contributed by atoms with Crippen molar-refractivity contribution in [1.29, 1.82) is 0 Å². The van der Waals surface area contributed by atoms with Gasteiger partial charge in [-0.25, -0.2) is 0 Å². The topological polar surface area (TPSA) is 168 Å². The van der Waals surface area contributed by atoms with E-state index in [0.717, 1.165) is 77.5 Å². The van der Waals surface area contributed by atoms with Gasteiger partial charge in [0.2, 0.25) is 0 Å². The Balaban J connectivity index is -0.00000174. The molecule has 584 valence electrons. The van der Waals surface area contributed by atoms with Gasteiger partial charge in [0.15, 0.2) is 0 Å². The number of rotatable bonds is 72. The minimum absolute atomic E-state index is 0.0889. The van der Waals surface area contributed by atoms with Gasteiger partial charge in [0.05, 0.1) is 28.2 Å². The number of hydrogen-bond acceptors (Lipinski definition) is 11. The first-order valence-electron chi connectivity index (χ1n) is 41.7. The number of ether oxygens (including phenoxy) is 4. The molecule has 13 nitrogen and oxygen atoms in total. The van der Waals surface area contributed by atoms with Crippen molar-refractivity contribution in [2.75, 3.05) is 87.5 Å². The maximum Gasteiger partial charge on any atom is 0.305 e. The molecule has 0 saturated heterocycles. The van der Waals surface area contributed by atoms with Crippen molar-refractivity contribution in [2.45, 2.75) is 387 Å². The van der Waals surface area contributed by atoms with Crippen molar-refractivity contribution < 1.29 is 61.4 Å². The Bertz CT molecular complexity index is 1660. The van der Waals surface area contributed by atoms with E-state index in [-0.39, 0.29) is 23.9 Å². The number of carbonyl (C=O) groups excluding carboxylic acids is 4. The molecule has 0 aliphatic rings. The Morgan fingerprint density at radius 3 is 0.545 bits per heavy atom. The zero-order chi connectivity index (χ0) is 73.5. The lowest BCUT2D eigenvalue weighted by molar-refractivity contribution is -0.890. The van der Waals surface area contributed by atoms with Crippen LogP contribution in [0.1, 0.15) is 387 Å². The summed E-state index contributed by atoms with van der Waals surface area (Å²) in [5.74, 6) is -0.355. The van der Waals surface area contributed by atoms with Crippen LogP contribution in [0.25, 0.3) is 0 Å². The fourth-order valence-corrected chi connectivity index (χ4v) is 11.5.